The smallest absolute Gasteiger partial charge is 0.245 e. The fourth-order valence-corrected chi connectivity index (χ4v) is 3.58. The first-order valence-electron chi connectivity index (χ1n) is 9.70. The van der Waals surface area contributed by atoms with Crippen molar-refractivity contribution in [1.82, 2.24) is 24.1 Å². The second-order valence-corrected chi connectivity index (χ2v) is 7.19. The minimum atomic E-state index is 0.0540. The molecule has 0 saturated carbocycles. The molecule has 146 valence electrons. The number of ketones is 1. The average Bonchev–Trinajstić information content (AvgIpc) is 3.49. The Hall–Kier alpha value is -3.68. The van der Waals surface area contributed by atoms with Gasteiger partial charge in [-0.25, -0.2) is 9.50 Å². The van der Waals surface area contributed by atoms with E-state index in [1.54, 1.807) is 13.3 Å². The van der Waals surface area contributed by atoms with E-state index in [2.05, 4.69) is 20.3 Å². The third kappa shape index (κ3) is 3.33. The maximum absolute atomic E-state index is 11.5. The Kier molecular flexibility index (Phi) is 4.23. The Morgan fingerprint density at radius 2 is 1.90 bits per heavy atom. The molecule has 4 aromatic rings. The van der Waals surface area contributed by atoms with Crippen LogP contribution in [0.15, 0.2) is 55.1 Å². The number of hydrogen-bond acceptors (Lipinski definition) is 6. The summed E-state index contributed by atoms with van der Waals surface area (Å²) in [4.78, 5) is 22.9. The van der Waals surface area contributed by atoms with Crippen LogP contribution in [0.2, 0.25) is 0 Å². The monoisotopic (exact) mass is 387 g/mol. The summed E-state index contributed by atoms with van der Waals surface area (Å²) in [5.41, 5.74) is 2.52. The van der Waals surface area contributed by atoms with Crippen LogP contribution in [0.5, 0.6) is 0 Å². The fourth-order valence-electron chi connectivity index (χ4n) is 3.58. The quantitative estimate of drug-likeness (QED) is 0.528. The highest BCUT2D eigenvalue weighted by Crippen LogP contribution is 2.24. The summed E-state index contributed by atoms with van der Waals surface area (Å²) in [6.07, 6.45) is 7.91. The SMILES string of the molecule is CC(=O)c1ccc(-n2cnc(Nc3nc(N4CCCC4)nn4cccc34)c2)cc1. The summed E-state index contributed by atoms with van der Waals surface area (Å²) in [5.74, 6) is 2.20. The van der Waals surface area contributed by atoms with Gasteiger partial charge in [0.2, 0.25) is 5.95 Å². The van der Waals surface area contributed by atoms with Crippen LogP contribution in [0, 0.1) is 0 Å². The molecule has 8 nitrogen and oxygen atoms in total. The van der Waals surface area contributed by atoms with Crippen LogP contribution in [0.1, 0.15) is 30.1 Å². The molecule has 1 aliphatic heterocycles. The van der Waals surface area contributed by atoms with Gasteiger partial charge < -0.3 is 14.8 Å². The zero-order valence-electron chi connectivity index (χ0n) is 16.1. The highest BCUT2D eigenvalue weighted by Gasteiger charge is 2.18. The van der Waals surface area contributed by atoms with E-state index in [-0.39, 0.29) is 5.78 Å². The number of carbonyl (C=O) groups excluding carboxylic acids is 1. The number of nitrogens with one attached hydrogen (secondary N) is 1. The Balaban J connectivity index is 1.44. The summed E-state index contributed by atoms with van der Waals surface area (Å²) in [7, 11) is 0. The number of carbonyl (C=O) groups is 1. The Morgan fingerprint density at radius 1 is 1.10 bits per heavy atom. The second kappa shape index (κ2) is 7.05. The van der Waals surface area contributed by atoms with Crippen LogP contribution >= 0.6 is 0 Å². The topological polar surface area (TPSA) is 80.3 Å². The minimum Gasteiger partial charge on any atom is -0.340 e. The van der Waals surface area contributed by atoms with Crippen molar-refractivity contribution >= 4 is 28.9 Å². The highest BCUT2D eigenvalue weighted by molar-refractivity contribution is 5.94. The molecule has 0 bridgehead atoms. The molecule has 1 aliphatic rings. The zero-order chi connectivity index (χ0) is 19.8. The molecule has 0 amide bonds. The molecule has 0 atom stereocenters. The van der Waals surface area contributed by atoms with Crippen LogP contribution in [-0.2, 0) is 0 Å². The van der Waals surface area contributed by atoms with Crippen molar-refractivity contribution in [2.45, 2.75) is 19.8 Å². The van der Waals surface area contributed by atoms with E-state index in [0.29, 0.717) is 11.4 Å². The number of nitrogens with zero attached hydrogens (tertiary/aromatic N) is 6. The normalized spacial score (nSPS) is 13.9. The van der Waals surface area contributed by atoms with E-state index in [1.807, 2.05) is 57.9 Å². The maximum Gasteiger partial charge on any atom is 0.245 e. The van der Waals surface area contributed by atoms with Crippen molar-refractivity contribution in [3.63, 3.8) is 0 Å². The second-order valence-electron chi connectivity index (χ2n) is 7.19. The Labute approximate surface area is 167 Å². The predicted molar refractivity (Wildman–Crippen MR) is 111 cm³/mol. The molecule has 29 heavy (non-hydrogen) atoms. The lowest BCUT2D eigenvalue weighted by Crippen LogP contribution is -2.22. The van der Waals surface area contributed by atoms with Gasteiger partial charge in [0.15, 0.2) is 11.6 Å². The van der Waals surface area contributed by atoms with Crippen LogP contribution in [0.4, 0.5) is 17.6 Å². The lowest BCUT2D eigenvalue weighted by Gasteiger charge is -2.16. The minimum absolute atomic E-state index is 0.0540. The van der Waals surface area contributed by atoms with E-state index in [4.69, 9.17) is 4.98 Å². The summed E-state index contributed by atoms with van der Waals surface area (Å²) in [6, 6.07) is 11.4. The van der Waals surface area contributed by atoms with E-state index in [1.165, 1.54) is 12.8 Å². The number of fused-ring (bicyclic) bond motifs is 1. The third-order valence-corrected chi connectivity index (χ3v) is 5.17. The van der Waals surface area contributed by atoms with Crippen molar-refractivity contribution in [3.8, 4) is 5.69 Å². The van der Waals surface area contributed by atoms with Crippen LogP contribution < -0.4 is 10.2 Å². The first kappa shape index (κ1) is 17.4. The molecule has 5 rings (SSSR count). The van der Waals surface area contributed by atoms with Gasteiger partial charge in [-0.3, -0.25) is 4.79 Å². The van der Waals surface area contributed by atoms with Gasteiger partial charge in [0.25, 0.3) is 0 Å². The number of anilines is 3. The molecule has 0 unspecified atom stereocenters. The highest BCUT2D eigenvalue weighted by atomic mass is 16.1. The lowest BCUT2D eigenvalue weighted by atomic mass is 10.1. The van der Waals surface area contributed by atoms with Gasteiger partial charge in [-0.05, 0) is 56.2 Å². The van der Waals surface area contributed by atoms with E-state index >= 15 is 0 Å². The summed E-state index contributed by atoms with van der Waals surface area (Å²) >= 11 is 0. The molecule has 0 aliphatic carbocycles. The van der Waals surface area contributed by atoms with Gasteiger partial charge >= 0.3 is 0 Å². The van der Waals surface area contributed by atoms with E-state index < -0.39 is 0 Å². The molecule has 1 saturated heterocycles. The number of imidazole rings is 1. The Bertz CT molecular complexity index is 1170. The number of benzene rings is 1. The van der Waals surface area contributed by atoms with Crippen molar-refractivity contribution < 1.29 is 4.79 Å². The predicted octanol–water partition coefficient (Wildman–Crippen LogP) is 3.46. The fraction of sp³-hybridized carbons (Fsp3) is 0.238. The summed E-state index contributed by atoms with van der Waals surface area (Å²) < 4.78 is 3.75. The standard InChI is InChI=1S/C21H21N7O/c1-15(29)16-6-8-17(9-7-16)27-13-19(22-14-27)23-20-18-5-4-12-28(18)25-21(24-20)26-10-2-3-11-26/h4-9,12-14H,2-3,10-11H2,1H3,(H,23,24,25). The molecule has 8 heteroatoms. The molecule has 1 fully saturated rings. The van der Waals surface area contributed by atoms with Crippen LogP contribution in [-0.4, -0.2) is 43.0 Å². The zero-order valence-corrected chi connectivity index (χ0v) is 16.1. The molecule has 4 heterocycles. The number of rotatable bonds is 5. The summed E-state index contributed by atoms with van der Waals surface area (Å²) in [5, 5.41) is 7.97. The maximum atomic E-state index is 11.5. The van der Waals surface area contributed by atoms with Gasteiger partial charge in [-0.2, -0.15) is 4.98 Å². The Morgan fingerprint density at radius 3 is 2.66 bits per heavy atom. The average molecular weight is 387 g/mol. The molecular weight excluding hydrogens is 366 g/mol. The molecule has 3 aromatic heterocycles. The van der Waals surface area contributed by atoms with Crippen molar-refractivity contribution in [2.24, 2.45) is 0 Å². The molecular formula is C21H21N7O. The van der Waals surface area contributed by atoms with E-state index in [0.717, 1.165) is 36.1 Å². The number of aromatic nitrogens is 5. The lowest BCUT2D eigenvalue weighted by molar-refractivity contribution is 0.101. The van der Waals surface area contributed by atoms with Crippen LogP contribution in [0.3, 0.4) is 0 Å². The largest absolute Gasteiger partial charge is 0.340 e. The van der Waals surface area contributed by atoms with Gasteiger partial charge in [-0.15, -0.1) is 5.10 Å². The summed E-state index contributed by atoms with van der Waals surface area (Å²) in [6.45, 7) is 3.53. The molecule has 0 spiro atoms. The number of Topliss-reactive ketones (excluding diaryl/α,β-unsaturated/α-hetero) is 1. The van der Waals surface area contributed by atoms with Gasteiger partial charge in [0.1, 0.15) is 17.7 Å². The van der Waals surface area contributed by atoms with Gasteiger partial charge in [0.05, 0.1) is 6.20 Å². The van der Waals surface area contributed by atoms with Crippen molar-refractivity contribution in [2.75, 3.05) is 23.3 Å². The van der Waals surface area contributed by atoms with Crippen LogP contribution in [0.25, 0.3) is 11.2 Å². The molecule has 1 aromatic carbocycles. The molecule has 0 radical (unpaired) electrons. The first-order chi connectivity index (χ1) is 14.2. The van der Waals surface area contributed by atoms with Gasteiger partial charge in [0, 0.05) is 30.5 Å². The first-order valence-corrected chi connectivity index (χ1v) is 9.70. The van der Waals surface area contributed by atoms with Crippen molar-refractivity contribution in [3.05, 3.63) is 60.7 Å². The van der Waals surface area contributed by atoms with E-state index in [9.17, 15) is 4.79 Å². The number of hydrogen-bond donors (Lipinski definition) is 1. The van der Waals surface area contributed by atoms with Gasteiger partial charge in [-0.1, -0.05) is 0 Å². The van der Waals surface area contributed by atoms with Crippen molar-refractivity contribution in [1.29, 1.82) is 0 Å². The third-order valence-electron chi connectivity index (χ3n) is 5.17. The molecule has 1 N–H and O–H groups in total.